The Kier molecular flexibility index (Phi) is 3.65. The van der Waals surface area contributed by atoms with E-state index in [-0.39, 0.29) is 18.1 Å². The fraction of sp³-hybridized carbons (Fsp3) is 0.625. The maximum Gasteiger partial charge on any atom is 0.151 e. The first-order valence-corrected chi connectivity index (χ1v) is 6.21. The number of imidazole rings is 1. The minimum atomic E-state index is -2.95. The lowest BCUT2D eigenvalue weighted by molar-refractivity contribution is 0.271. The molecule has 0 aliphatic rings. The molecule has 0 unspecified atom stereocenters. The summed E-state index contributed by atoms with van der Waals surface area (Å²) < 4.78 is 24.0. The normalized spacial score (nSPS) is 11.9. The van der Waals surface area contributed by atoms with Crippen molar-refractivity contribution in [2.75, 3.05) is 11.5 Å². The Hall–Kier alpha value is -0.880. The molecule has 0 saturated carbocycles. The van der Waals surface area contributed by atoms with Crippen LogP contribution in [0.3, 0.4) is 0 Å². The summed E-state index contributed by atoms with van der Waals surface area (Å²) >= 11 is 0. The van der Waals surface area contributed by atoms with Crippen LogP contribution in [0.1, 0.15) is 12.6 Å². The predicted molar refractivity (Wildman–Crippen MR) is 52.5 cm³/mol. The van der Waals surface area contributed by atoms with Crippen molar-refractivity contribution in [2.45, 2.75) is 20.1 Å². The minimum Gasteiger partial charge on any atom is -0.390 e. The number of aryl methyl sites for hydroxylation is 1. The third-order valence-electron chi connectivity index (χ3n) is 2.04. The maximum absolute atomic E-state index is 11.2. The summed E-state index contributed by atoms with van der Waals surface area (Å²) in [5.74, 6) is 0.239. The molecule has 0 atom stereocenters. The molecule has 0 fully saturated rings. The zero-order valence-electron chi connectivity index (χ0n) is 8.05. The number of aliphatic hydroxyl groups is 1. The summed E-state index contributed by atoms with van der Waals surface area (Å²) in [6, 6.07) is 0. The van der Waals surface area contributed by atoms with E-state index in [0.717, 1.165) is 0 Å². The van der Waals surface area contributed by atoms with Crippen molar-refractivity contribution >= 4 is 9.84 Å². The Morgan fingerprint density at radius 2 is 2.29 bits per heavy atom. The van der Waals surface area contributed by atoms with Crippen LogP contribution >= 0.6 is 0 Å². The molecule has 0 bridgehead atoms. The number of hydrogen-bond acceptors (Lipinski definition) is 4. The molecule has 1 rings (SSSR count). The molecular formula is C8H14N2O3S. The number of sulfone groups is 1. The lowest BCUT2D eigenvalue weighted by Crippen LogP contribution is -2.15. The fourth-order valence-electron chi connectivity index (χ4n) is 1.06. The second kappa shape index (κ2) is 4.56. The molecule has 0 aliphatic carbocycles. The summed E-state index contributed by atoms with van der Waals surface area (Å²) in [5, 5.41) is 8.88. The van der Waals surface area contributed by atoms with Crippen molar-refractivity contribution in [1.29, 1.82) is 0 Å². The highest BCUT2D eigenvalue weighted by Crippen LogP contribution is 2.00. The quantitative estimate of drug-likeness (QED) is 0.743. The molecule has 1 heterocycles. The highest BCUT2D eigenvalue weighted by Gasteiger charge is 2.08. The molecule has 80 valence electrons. The van der Waals surface area contributed by atoms with Gasteiger partial charge in [0.25, 0.3) is 0 Å². The highest BCUT2D eigenvalue weighted by atomic mass is 32.2. The Balaban J connectivity index is 2.62. The van der Waals surface area contributed by atoms with Gasteiger partial charge >= 0.3 is 0 Å². The summed E-state index contributed by atoms with van der Waals surface area (Å²) in [5.41, 5.74) is 0.635. The molecule has 0 spiro atoms. The molecule has 14 heavy (non-hydrogen) atoms. The van der Waals surface area contributed by atoms with Gasteiger partial charge in [0.05, 0.1) is 30.6 Å². The SMILES string of the molecule is CCS(=O)(=O)CCn1cncc1CO. The van der Waals surface area contributed by atoms with Crippen LogP contribution in [0.5, 0.6) is 0 Å². The van der Waals surface area contributed by atoms with E-state index in [1.165, 1.54) is 12.5 Å². The van der Waals surface area contributed by atoms with E-state index in [4.69, 9.17) is 5.11 Å². The second-order valence-corrected chi connectivity index (χ2v) is 5.45. The number of hydrogen-bond donors (Lipinski definition) is 1. The summed E-state index contributed by atoms with van der Waals surface area (Å²) in [6.45, 7) is 1.86. The average molecular weight is 218 g/mol. The standard InChI is InChI=1S/C8H14N2O3S/c1-2-14(12,13)4-3-10-7-9-5-8(10)6-11/h5,7,11H,2-4,6H2,1H3. The summed E-state index contributed by atoms with van der Waals surface area (Å²) in [7, 11) is -2.95. The molecule has 5 nitrogen and oxygen atoms in total. The predicted octanol–water partition coefficient (Wildman–Crippen LogP) is -0.190. The second-order valence-electron chi connectivity index (χ2n) is 2.97. The monoisotopic (exact) mass is 218 g/mol. The van der Waals surface area contributed by atoms with Crippen LogP contribution in [-0.4, -0.2) is 34.6 Å². The van der Waals surface area contributed by atoms with E-state index in [2.05, 4.69) is 4.98 Å². The van der Waals surface area contributed by atoms with E-state index < -0.39 is 9.84 Å². The van der Waals surface area contributed by atoms with Gasteiger partial charge in [0.1, 0.15) is 0 Å². The van der Waals surface area contributed by atoms with Crippen molar-refractivity contribution in [3.05, 3.63) is 18.2 Å². The molecular weight excluding hydrogens is 204 g/mol. The highest BCUT2D eigenvalue weighted by molar-refractivity contribution is 7.91. The van der Waals surface area contributed by atoms with Crippen LogP contribution in [0.4, 0.5) is 0 Å². The first-order chi connectivity index (χ1) is 6.59. The van der Waals surface area contributed by atoms with Crippen LogP contribution in [-0.2, 0) is 23.0 Å². The van der Waals surface area contributed by atoms with E-state index in [1.54, 1.807) is 11.5 Å². The first-order valence-electron chi connectivity index (χ1n) is 4.39. The lowest BCUT2D eigenvalue weighted by atomic mass is 10.5. The largest absolute Gasteiger partial charge is 0.390 e. The van der Waals surface area contributed by atoms with Crippen molar-refractivity contribution in [3.63, 3.8) is 0 Å². The number of aromatic nitrogens is 2. The van der Waals surface area contributed by atoms with Crippen LogP contribution in [0, 0.1) is 0 Å². The van der Waals surface area contributed by atoms with E-state index in [1.807, 2.05) is 0 Å². The van der Waals surface area contributed by atoms with Gasteiger partial charge in [-0.1, -0.05) is 6.92 Å². The summed E-state index contributed by atoms with van der Waals surface area (Å²) in [6.07, 6.45) is 3.05. The Morgan fingerprint density at radius 1 is 1.57 bits per heavy atom. The smallest absolute Gasteiger partial charge is 0.151 e. The van der Waals surface area contributed by atoms with Gasteiger partial charge in [-0.05, 0) is 0 Å². The van der Waals surface area contributed by atoms with Gasteiger partial charge < -0.3 is 9.67 Å². The van der Waals surface area contributed by atoms with E-state index >= 15 is 0 Å². The van der Waals surface area contributed by atoms with Crippen molar-refractivity contribution in [2.24, 2.45) is 0 Å². The van der Waals surface area contributed by atoms with Gasteiger partial charge in [-0.2, -0.15) is 0 Å². The van der Waals surface area contributed by atoms with E-state index in [0.29, 0.717) is 12.2 Å². The fourth-order valence-corrected chi connectivity index (χ4v) is 1.83. The van der Waals surface area contributed by atoms with Crippen molar-refractivity contribution < 1.29 is 13.5 Å². The number of rotatable bonds is 5. The molecule has 0 aromatic carbocycles. The summed E-state index contributed by atoms with van der Waals surface area (Å²) in [4.78, 5) is 3.83. The Labute approximate surface area is 83.3 Å². The molecule has 1 aromatic rings. The lowest BCUT2D eigenvalue weighted by Gasteiger charge is -2.05. The van der Waals surface area contributed by atoms with Crippen LogP contribution < -0.4 is 0 Å². The third kappa shape index (κ3) is 2.81. The minimum absolute atomic E-state index is 0.0901. The zero-order chi connectivity index (χ0) is 10.6. The van der Waals surface area contributed by atoms with Crippen molar-refractivity contribution in [1.82, 2.24) is 9.55 Å². The van der Waals surface area contributed by atoms with Gasteiger partial charge in [0, 0.05) is 12.3 Å². The van der Waals surface area contributed by atoms with Crippen LogP contribution in [0.25, 0.3) is 0 Å². The zero-order valence-corrected chi connectivity index (χ0v) is 8.87. The maximum atomic E-state index is 11.2. The molecule has 0 aliphatic heterocycles. The molecule has 1 N–H and O–H groups in total. The van der Waals surface area contributed by atoms with E-state index in [9.17, 15) is 8.42 Å². The third-order valence-corrected chi connectivity index (χ3v) is 3.73. The Morgan fingerprint density at radius 3 is 2.86 bits per heavy atom. The van der Waals surface area contributed by atoms with Crippen LogP contribution in [0.15, 0.2) is 12.5 Å². The van der Waals surface area contributed by atoms with Gasteiger partial charge in [-0.3, -0.25) is 0 Å². The number of nitrogens with zero attached hydrogens (tertiary/aromatic N) is 2. The van der Waals surface area contributed by atoms with Gasteiger partial charge in [0.2, 0.25) is 0 Å². The average Bonchev–Trinajstić information content (AvgIpc) is 2.62. The molecule has 0 saturated heterocycles. The Bertz CT molecular complexity index is 383. The van der Waals surface area contributed by atoms with Gasteiger partial charge in [-0.15, -0.1) is 0 Å². The molecule has 6 heteroatoms. The topological polar surface area (TPSA) is 72.2 Å². The van der Waals surface area contributed by atoms with Crippen LogP contribution in [0.2, 0.25) is 0 Å². The number of aliphatic hydroxyl groups excluding tert-OH is 1. The van der Waals surface area contributed by atoms with Gasteiger partial charge in [-0.25, -0.2) is 13.4 Å². The molecule has 0 amide bonds. The molecule has 0 radical (unpaired) electrons. The van der Waals surface area contributed by atoms with Crippen molar-refractivity contribution in [3.8, 4) is 0 Å². The first kappa shape index (κ1) is 11.2. The molecule has 1 aromatic heterocycles. The van der Waals surface area contributed by atoms with Gasteiger partial charge in [0.15, 0.2) is 9.84 Å².